The number of carbonyl (C=O) groups excluding carboxylic acids is 1. The molecule has 17 heavy (non-hydrogen) atoms. The molecule has 0 aromatic heterocycles. The van der Waals surface area contributed by atoms with Crippen molar-refractivity contribution >= 4 is 5.91 Å². The van der Waals surface area contributed by atoms with Crippen molar-refractivity contribution in [2.75, 3.05) is 0 Å². The van der Waals surface area contributed by atoms with E-state index in [9.17, 15) is 4.79 Å². The molecular formula is C15H25NO. The second kappa shape index (κ2) is 4.29. The van der Waals surface area contributed by atoms with Crippen molar-refractivity contribution in [3.05, 3.63) is 0 Å². The molecule has 0 radical (unpaired) electrons. The van der Waals surface area contributed by atoms with Crippen LogP contribution in [0.5, 0.6) is 0 Å². The molecule has 2 saturated carbocycles. The largest absolute Gasteiger partial charge is 0.337 e. The maximum absolute atomic E-state index is 12.6. The Hall–Kier alpha value is -0.530. The fourth-order valence-electron chi connectivity index (χ4n) is 4.78. The summed E-state index contributed by atoms with van der Waals surface area (Å²) >= 11 is 0. The Kier molecular flexibility index (Phi) is 2.92. The molecule has 0 spiro atoms. The first-order chi connectivity index (χ1) is 8.20. The lowest BCUT2D eigenvalue weighted by molar-refractivity contribution is -0.153. The molecule has 0 N–H and O–H groups in total. The molecular weight excluding hydrogens is 210 g/mol. The summed E-state index contributed by atoms with van der Waals surface area (Å²) in [4.78, 5) is 14.9. The first-order valence-corrected chi connectivity index (χ1v) is 7.52. The Morgan fingerprint density at radius 2 is 1.71 bits per heavy atom. The molecule has 2 nitrogen and oxygen atoms in total. The number of hydrogen-bond donors (Lipinski definition) is 0. The van der Waals surface area contributed by atoms with Crippen LogP contribution in [0.1, 0.15) is 58.8 Å². The van der Waals surface area contributed by atoms with Crippen LogP contribution in [0.25, 0.3) is 0 Å². The first-order valence-electron chi connectivity index (χ1n) is 7.52. The topological polar surface area (TPSA) is 20.3 Å². The highest BCUT2D eigenvalue weighted by atomic mass is 16.2. The number of amides is 1. The van der Waals surface area contributed by atoms with E-state index in [4.69, 9.17) is 0 Å². The van der Waals surface area contributed by atoms with E-state index in [1.54, 1.807) is 0 Å². The van der Waals surface area contributed by atoms with E-state index in [0.717, 1.165) is 18.3 Å². The highest BCUT2D eigenvalue weighted by Crippen LogP contribution is 2.49. The zero-order valence-corrected chi connectivity index (χ0v) is 11.2. The Balaban J connectivity index is 1.91. The molecule has 1 saturated heterocycles. The lowest BCUT2D eigenvalue weighted by Gasteiger charge is -2.51. The smallest absolute Gasteiger partial charge is 0.226 e. The minimum Gasteiger partial charge on any atom is -0.337 e. The molecule has 3 fully saturated rings. The van der Waals surface area contributed by atoms with Gasteiger partial charge in [0.25, 0.3) is 0 Å². The van der Waals surface area contributed by atoms with Crippen LogP contribution in [0.4, 0.5) is 0 Å². The van der Waals surface area contributed by atoms with Crippen LogP contribution in [-0.4, -0.2) is 22.9 Å². The van der Waals surface area contributed by atoms with Crippen molar-refractivity contribution in [1.82, 2.24) is 4.90 Å². The fourth-order valence-corrected chi connectivity index (χ4v) is 4.78. The molecule has 3 aliphatic rings. The maximum atomic E-state index is 12.6. The minimum absolute atomic E-state index is 0.386. The third-order valence-corrected chi connectivity index (χ3v) is 5.39. The molecule has 2 heteroatoms. The molecule has 3 rings (SSSR count). The number of fused-ring (bicyclic) bond motifs is 3. The van der Waals surface area contributed by atoms with E-state index in [-0.39, 0.29) is 0 Å². The molecule has 4 unspecified atom stereocenters. The van der Waals surface area contributed by atoms with Gasteiger partial charge in [-0.1, -0.05) is 19.3 Å². The summed E-state index contributed by atoms with van der Waals surface area (Å²) in [7, 11) is 0. The lowest BCUT2D eigenvalue weighted by Crippen LogP contribution is -2.58. The third-order valence-electron chi connectivity index (χ3n) is 5.39. The van der Waals surface area contributed by atoms with Crippen molar-refractivity contribution < 1.29 is 4.79 Å². The summed E-state index contributed by atoms with van der Waals surface area (Å²) < 4.78 is 0. The van der Waals surface area contributed by atoms with Crippen LogP contribution in [0.15, 0.2) is 0 Å². The average Bonchev–Trinajstić information content (AvgIpc) is 2.78. The predicted octanol–water partition coefficient (Wildman–Crippen LogP) is 3.21. The lowest BCUT2D eigenvalue weighted by atomic mass is 9.68. The van der Waals surface area contributed by atoms with Crippen LogP contribution in [0.3, 0.4) is 0 Å². The summed E-state index contributed by atoms with van der Waals surface area (Å²) in [5.41, 5.74) is 0. The van der Waals surface area contributed by atoms with Crippen LogP contribution < -0.4 is 0 Å². The third kappa shape index (κ3) is 1.71. The summed E-state index contributed by atoms with van der Waals surface area (Å²) in [6, 6.07) is 0.977. The summed E-state index contributed by atoms with van der Waals surface area (Å²) in [6.07, 6.45) is 9.13. The minimum atomic E-state index is 0.386. The zero-order chi connectivity index (χ0) is 12.0. The van der Waals surface area contributed by atoms with Gasteiger partial charge in [0.15, 0.2) is 0 Å². The molecule has 2 aliphatic carbocycles. The van der Waals surface area contributed by atoms with Gasteiger partial charge in [0, 0.05) is 18.0 Å². The van der Waals surface area contributed by atoms with Gasteiger partial charge in [-0.25, -0.2) is 0 Å². The van der Waals surface area contributed by atoms with E-state index in [0.29, 0.717) is 23.9 Å². The van der Waals surface area contributed by atoms with Gasteiger partial charge < -0.3 is 4.90 Å². The van der Waals surface area contributed by atoms with Gasteiger partial charge in [0.1, 0.15) is 0 Å². The van der Waals surface area contributed by atoms with Crippen LogP contribution >= 0.6 is 0 Å². The molecule has 0 aromatic rings. The van der Waals surface area contributed by atoms with Crippen LogP contribution in [0.2, 0.25) is 0 Å². The maximum Gasteiger partial charge on any atom is 0.226 e. The highest BCUT2D eigenvalue weighted by Gasteiger charge is 2.50. The number of carbonyl (C=O) groups is 1. The Morgan fingerprint density at radius 3 is 2.47 bits per heavy atom. The average molecular weight is 235 g/mol. The van der Waals surface area contributed by atoms with E-state index in [2.05, 4.69) is 18.7 Å². The number of nitrogens with zero attached hydrogens (tertiary/aromatic N) is 1. The monoisotopic (exact) mass is 235 g/mol. The van der Waals surface area contributed by atoms with Gasteiger partial charge in [-0.2, -0.15) is 0 Å². The first kappa shape index (κ1) is 11.6. The molecule has 1 amide bonds. The second-order valence-corrected chi connectivity index (χ2v) is 6.56. The molecule has 1 heterocycles. The zero-order valence-electron chi connectivity index (χ0n) is 11.2. The van der Waals surface area contributed by atoms with Gasteiger partial charge in [-0.3, -0.25) is 4.79 Å². The number of piperidine rings is 1. The van der Waals surface area contributed by atoms with E-state index < -0.39 is 0 Å². The SMILES string of the molecule is CC(C)N1C(=O)C2CCCC2C2CCCCC21. The number of likely N-dealkylation sites (tertiary alicyclic amines) is 1. The van der Waals surface area contributed by atoms with Crippen molar-refractivity contribution in [2.45, 2.75) is 70.9 Å². The van der Waals surface area contributed by atoms with Gasteiger partial charge in [0.2, 0.25) is 5.91 Å². The molecule has 0 aromatic carbocycles. The summed E-state index contributed by atoms with van der Waals surface area (Å²) in [6.45, 7) is 4.39. The van der Waals surface area contributed by atoms with Gasteiger partial charge >= 0.3 is 0 Å². The molecule has 0 bridgehead atoms. The van der Waals surface area contributed by atoms with Gasteiger partial charge in [-0.15, -0.1) is 0 Å². The fraction of sp³-hybridized carbons (Fsp3) is 0.933. The van der Waals surface area contributed by atoms with Gasteiger partial charge in [-0.05, 0) is 51.4 Å². The van der Waals surface area contributed by atoms with Crippen LogP contribution in [0, 0.1) is 17.8 Å². The Labute approximate surface area is 105 Å². The number of rotatable bonds is 1. The standard InChI is InChI=1S/C15H25NO/c1-10(2)16-14-9-4-3-6-12(14)11-7-5-8-13(11)15(16)17/h10-14H,3-9H2,1-2H3. The van der Waals surface area contributed by atoms with Crippen molar-refractivity contribution in [2.24, 2.45) is 17.8 Å². The molecule has 96 valence electrons. The Morgan fingerprint density at radius 1 is 1.00 bits per heavy atom. The van der Waals surface area contributed by atoms with Gasteiger partial charge in [0.05, 0.1) is 0 Å². The quantitative estimate of drug-likeness (QED) is 0.683. The summed E-state index contributed by atoms with van der Waals surface area (Å²) in [5, 5.41) is 0. The van der Waals surface area contributed by atoms with Crippen LogP contribution in [-0.2, 0) is 4.79 Å². The molecule has 4 atom stereocenters. The second-order valence-electron chi connectivity index (χ2n) is 6.56. The summed E-state index contributed by atoms with van der Waals surface area (Å²) in [5.74, 6) is 2.45. The predicted molar refractivity (Wildman–Crippen MR) is 68.6 cm³/mol. The highest BCUT2D eigenvalue weighted by molar-refractivity contribution is 5.81. The van der Waals surface area contributed by atoms with Crippen molar-refractivity contribution in [1.29, 1.82) is 0 Å². The normalized spacial score (nSPS) is 41.6. The van der Waals surface area contributed by atoms with Crippen molar-refractivity contribution in [3.8, 4) is 0 Å². The molecule has 1 aliphatic heterocycles. The van der Waals surface area contributed by atoms with E-state index >= 15 is 0 Å². The number of hydrogen-bond acceptors (Lipinski definition) is 1. The Bertz CT molecular complexity index is 312. The van der Waals surface area contributed by atoms with E-state index in [1.807, 2.05) is 0 Å². The van der Waals surface area contributed by atoms with E-state index in [1.165, 1.54) is 38.5 Å². The van der Waals surface area contributed by atoms with Crippen molar-refractivity contribution in [3.63, 3.8) is 0 Å².